The zero-order valence-electron chi connectivity index (χ0n) is 10.3. The minimum atomic E-state index is -0.761. The highest BCUT2D eigenvalue weighted by Gasteiger charge is 2.18. The van der Waals surface area contributed by atoms with Crippen LogP contribution in [0.5, 0.6) is 0 Å². The normalized spacial score (nSPS) is 13.8. The summed E-state index contributed by atoms with van der Waals surface area (Å²) in [4.78, 5) is 0. The Kier molecular flexibility index (Phi) is 4.36. The zero-order chi connectivity index (χ0) is 12.9. The van der Waals surface area contributed by atoms with E-state index in [1.165, 1.54) is 0 Å². The van der Waals surface area contributed by atoms with Crippen LogP contribution in [0.2, 0.25) is 0 Å². The van der Waals surface area contributed by atoms with Gasteiger partial charge in [-0.2, -0.15) is 5.26 Å². The molecule has 1 rings (SSSR count). The summed E-state index contributed by atoms with van der Waals surface area (Å²) < 4.78 is 0. The zero-order valence-corrected chi connectivity index (χ0v) is 10.3. The number of anilines is 2. The summed E-state index contributed by atoms with van der Waals surface area (Å²) in [7, 11) is 0. The summed E-state index contributed by atoms with van der Waals surface area (Å²) in [5, 5.41) is 22.1. The molecule has 0 bridgehead atoms. The lowest BCUT2D eigenvalue weighted by molar-refractivity contribution is 0.0637. The molecule has 1 atom stereocenters. The van der Waals surface area contributed by atoms with Crippen LogP contribution in [0.25, 0.3) is 0 Å². The fourth-order valence-corrected chi connectivity index (χ4v) is 1.72. The highest BCUT2D eigenvalue weighted by Crippen LogP contribution is 2.20. The first-order valence-electron chi connectivity index (χ1n) is 5.74. The van der Waals surface area contributed by atoms with E-state index in [0.717, 1.165) is 12.8 Å². The van der Waals surface area contributed by atoms with E-state index in [1.54, 1.807) is 25.1 Å². The van der Waals surface area contributed by atoms with E-state index >= 15 is 0 Å². The maximum atomic E-state index is 10.0. The van der Waals surface area contributed by atoms with Crippen molar-refractivity contribution in [2.75, 3.05) is 17.6 Å². The summed E-state index contributed by atoms with van der Waals surface area (Å²) in [6.45, 7) is 4.23. The number of nitrogens with one attached hydrogen (secondary N) is 1. The van der Waals surface area contributed by atoms with Gasteiger partial charge in [0.15, 0.2) is 0 Å². The van der Waals surface area contributed by atoms with Gasteiger partial charge >= 0.3 is 0 Å². The molecule has 0 fully saturated rings. The Morgan fingerprint density at radius 1 is 1.53 bits per heavy atom. The molecule has 4 heteroatoms. The van der Waals surface area contributed by atoms with Crippen LogP contribution in [0.1, 0.15) is 32.3 Å². The molecule has 0 aliphatic heterocycles. The van der Waals surface area contributed by atoms with Gasteiger partial charge in [-0.15, -0.1) is 0 Å². The van der Waals surface area contributed by atoms with Gasteiger partial charge in [-0.05, 0) is 31.5 Å². The highest BCUT2D eigenvalue weighted by atomic mass is 16.3. The molecule has 0 saturated heterocycles. The van der Waals surface area contributed by atoms with Crippen molar-refractivity contribution >= 4 is 11.4 Å². The second kappa shape index (κ2) is 5.55. The Morgan fingerprint density at radius 2 is 2.24 bits per heavy atom. The van der Waals surface area contributed by atoms with Gasteiger partial charge in [-0.1, -0.05) is 13.3 Å². The average Bonchev–Trinajstić information content (AvgIpc) is 2.27. The van der Waals surface area contributed by atoms with E-state index in [0.29, 0.717) is 23.5 Å². The van der Waals surface area contributed by atoms with Crippen LogP contribution in [0.15, 0.2) is 18.2 Å². The van der Waals surface area contributed by atoms with E-state index in [2.05, 4.69) is 11.4 Å². The summed E-state index contributed by atoms with van der Waals surface area (Å²) in [6, 6.07) is 7.20. The summed E-state index contributed by atoms with van der Waals surface area (Å²) in [6.07, 6.45) is 1.64. The Bertz CT molecular complexity index is 421. The van der Waals surface area contributed by atoms with Crippen LogP contribution >= 0.6 is 0 Å². The van der Waals surface area contributed by atoms with Crippen molar-refractivity contribution in [1.29, 1.82) is 5.26 Å². The van der Waals surface area contributed by atoms with Gasteiger partial charge in [0.1, 0.15) is 6.07 Å². The van der Waals surface area contributed by atoms with Crippen LogP contribution in [-0.4, -0.2) is 17.3 Å². The first-order valence-corrected chi connectivity index (χ1v) is 5.74. The molecule has 0 aliphatic carbocycles. The van der Waals surface area contributed by atoms with Crippen molar-refractivity contribution in [2.45, 2.75) is 32.3 Å². The van der Waals surface area contributed by atoms with E-state index < -0.39 is 5.60 Å². The predicted octanol–water partition coefficient (Wildman–Crippen LogP) is 2.10. The number of hydrogen-bond acceptors (Lipinski definition) is 4. The number of nitriles is 1. The Hall–Kier alpha value is -1.73. The lowest BCUT2D eigenvalue weighted by atomic mass is 10.0. The second-order valence-electron chi connectivity index (χ2n) is 4.52. The maximum Gasteiger partial charge on any atom is 0.101 e. The number of benzene rings is 1. The molecule has 1 aromatic rings. The van der Waals surface area contributed by atoms with Gasteiger partial charge < -0.3 is 16.2 Å². The molecule has 0 spiro atoms. The molecule has 92 valence electrons. The Balaban J connectivity index is 2.73. The van der Waals surface area contributed by atoms with E-state index in [9.17, 15) is 5.11 Å². The topological polar surface area (TPSA) is 82.1 Å². The van der Waals surface area contributed by atoms with Crippen molar-refractivity contribution in [3.05, 3.63) is 23.8 Å². The minimum Gasteiger partial charge on any atom is -0.399 e. The molecular formula is C13H19N3O. The summed E-state index contributed by atoms with van der Waals surface area (Å²) >= 11 is 0. The van der Waals surface area contributed by atoms with Crippen LogP contribution in [0, 0.1) is 11.3 Å². The maximum absolute atomic E-state index is 10.0. The molecule has 0 radical (unpaired) electrons. The molecule has 0 aromatic heterocycles. The number of rotatable bonds is 5. The summed E-state index contributed by atoms with van der Waals surface area (Å²) in [5.74, 6) is 0. The third kappa shape index (κ3) is 3.97. The highest BCUT2D eigenvalue weighted by molar-refractivity contribution is 5.63. The Labute approximate surface area is 102 Å². The first-order chi connectivity index (χ1) is 7.98. The number of nitrogen functional groups attached to an aromatic ring is 1. The van der Waals surface area contributed by atoms with Crippen molar-refractivity contribution in [3.8, 4) is 6.07 Å². The van der Waals surface area contributed by atoms with Gasteiger partial charge in [-0.25, -0.2) is 0 Å². The standard InChI is InChI=1S/C13H19N3O/c1-3-6-13(2,17)9-16-12-5-4-11(15)7-10(12)8-14/h4-5,7,16-17H,3,6,9,15H2,1-2H3. The van der Waals surface area contributed by atoms with Crippen LogP contribution in [-0.2, 0) is 0 Å². The molecule has 0 heterocycles. The second-order valence-corrected chi connectivity index (χ2v) is 4.52. The molecule has 4 N–H and O–H groups in total. The molecule has 1 aromatic carbocycles. The van der Waals surface area contributed by atoms with E-state index in [1.807, 2.05) is 6.92 Å². The van der Waals surface area contributed by atoms with E-state index in [-0.39, 0.29) is 0 Å². The van der Waals surface area contributed by atoms with Crippen molar-refractivity contribution < 1.29 is 5.11 Å². The lowest BCUT2D eigenvalue weighted by Crippen LogP contribution is -2.33. The molecule has 0 amide bonds. The molecule has 0 aliphatic rings. The van der Waals surface area contributed by atoms with Gasteiger partial charge in [0.25, 0.3) is 0 Å². The first kappa shape index (κ1) is 13.3. The van der Waals surface area contributed by atoms with Crippen molar-refractivity contribution in [3.63, 3.8) is 0 Å². The Morgan fingerprint density at radius 3 is 2.82 bits per heavy atom. The third-order valence-electron chi connectivity index (χ3n) is 2.61. The molecule has 0 saturated carbocycles. The van der Waals surface area contributed by atoms with E-state index in [4.69, 9.17) is 11.0 Å². The van der Waals surface area contributed by atoms with Gasteiger partial charge in [0.2, 0.25) is 0 Å². The fraction of sp³-hybridized carbons (Fsp3) is 0.462. The van der Waals surface area contributed by atoms with Crippen LogP contribution < -0.4 is 11.1 Å². The van der Waals surface area contributed by atoms with Gasteiger partial charge in [0, 0.05) is 12.2 Å². The molecule has 1 unspecified atom stereocenters. The smallest absolute Gasteiger partial charge is 0.101 e. The van der Waals surface area contributed by atoms with Gasteiger partial charge in [0.05, 0.1) is 16.9 Å². The number of aliphatic hydroxyl groups is 1. The molecular weight excluding hydrogens is 214 g/mol. The van der Waals surface area contributed by atoms with Crippen LogP contribution in [0.3, 0.4) is 0 Å². The molecule has 4 nitrogen and oxygen atoms in total. The summed E-state index contributed by atoms with van der Waals surface area (Å²) in [5.41, 5.74) is 6.61. The quantitative estimate of drug-likeness (QED) is 0.680. The number of nitrogens with two attached hydrogens (primary N) is 1. The average molecular weight is 233 g/mol. The largest absolute Gasteiger partial charge is 0.399 e. The van der Waals surface area contributed by atoms with Gasteiger partial charge in [-0.3, -0.25) is 0 Å². The fourth-order valence-electron chi connectivity index (χ4n) is 1.72. The number of hydrogen-bond donors (Lipinski definition) is 3. The minimum absolute atomic E-state index is 0.416. The third-order valence-corrected chi connectivity index (χ3v) is 2.61. The van der Waals surface area contributed by atoms with Crippen LogP contribution in [0.4, 0.5) is 11.4 Å². The predicted molar refractivity (Wildman–Crippen MR) is 69.6 cm³/mol. The molecule has 17 heavy (non-hydrogen) atoms. The van der Waals surface area contributed by atoms with Crippen molar-refractivity contribution in [2.24, 2.45) is 0 Å². The number of nitrogens with zero attached hydrogens (tertiary/aromatic N) is 1. The lowest BCUT2D eigenvalue weighted by Gasteiger charge is -2.23. The SMILES string of the molecule is CCCC(C)(O)CNc1ccc(N)cc1C#N. The van der Waals surface area contributed by atoms with Crippen molar-refractivity contribution in [1.82, 2.24) is 0 Å². The monoisotopic (exact) mass is 233 g/mol.